The van der Waals surface area contributed by atoms with E-state index in [1.807, 2.05) is 6.92 Å². The van der Waals surface area contributed by atoms with E-state index in [0.717, 1.165) is 0 Å². The molecule has 0 aliphatic carbocycles. The number of alkyl halides is 2. The molecule has 164 valence electrons. The first-order chi connectivity index (χ1) is 14.0. The maximum atomic E-state index is 12.5. The predicted molar refractivity (Wildman–Crippen MR) is 122 cm³/mol. The number of rotatable bonds is 9. The lowest BCUT2D eigenvalue weighted by Crippen LogP contribution is -2.41. The number of para-hydroxylation sites is 1. The third-order valence-electron chi connectivity index (χ3n) is 3.77. The molecule has 0 spiro atoms. The minimum atomic E-state index is -2.90. The number of nitrogens with one attached hydrogen (secondary N) is 3. The van der Waals surface area contributed by atoms with Gasteiger partial charge in [-0.25, -0.2) is 4.99 Å². The van der Waals surface area contributed by atoms with E-state index in [0.29, 0.717) is 36.7 Å². The van der Waals surface area contributed by atoms with Crippen LogP contribution in [0.2, 0.25) is 0 Å². The van der Waals surface area contributed by atoms with Crippen molar-refractivity contribution in [2.24, 2.45) is 4.99 Å². The summed E-state index contributed by atoms with van der Waals surface area (Å²) in [6.45, 7) is 0.514. The number of hydrogen-bond acceptors (Lipinski definition) is 4. The van der Waals surface area contributed by atoms with Crippen molar-refractivity contribution in [3.8, 4) is 11.5 Å². The van der Waals surface area contributed by atoms with Crippen LogP contribution in [0.3, 0.4) is 0 Å². The third-order valence-corrected chi connectivity index (χ3v) is 3.77. The summed E-state index contributed by atoms with van der Waals surface area (Å²) in [5, 5.41) is 18.1. The van der Waals surface area contributed by atoms with E-state index < -0.39 is 6.61 Å². The van der Waals surface area contributed by atoms with Crippen LogP contribution in [-0.4, -0.2) is 43.2 Å². The number of benzene rings is 2. The second kappa shape index (κ2) is 13.6. The van der Waals surface area contributed by atoms with Crippen molar-refractivity contribution in [3.05, 3.63) is 59.7 Å². The highest BCUT2D eigenvalue weighted by atomic mass is 127. The highest BCUT2D eigenvalue weighted by molar-refractivity contribution is 14.0. The van der Waals surface area contributed by atoms with Gasteiger partial charge in [-0.2, -0.15) is 8.78 Å². The number of carbonyl (C=O) groups excluding carboxylic acids is 1. The number of aliphatic imine (C=N–C) groups is 1. The SMILES string of the molecule is CCNC(=NCc1ccccc1OC(F)F)NCCNC(=O)c1ccc(O)cc1.I. The van der Waals surface area contributed by atoms with E-state index in [9.17, 15) is 18.7 Å². The topological polar surface area (TPSA) is 95.0 Å². The minimum absolute atomic E-state index is 0. The van der Waals surface area contributed by atoms with E-state index in [1.165, 1.54) is 30.3 Å². The zero-order chi connectivity index (χ0) is 21.1. The van der Waals surface area contributed by atoms with Crippen LogP contribution in [0.4, 0.5) is 8.78 Å². The largest absolute Gasteiger partial charge is 0.508 e. The lowest BCUT2D eigenvalue weighted by Gasteiger charge is -2.13. The molecule has 0 aliphatic heterocycles. The number of aromatic hydroxyl groups is 1. The van der Waals surface area contributed by atoms with Crippen LogP contribution in [0, 0.1) is 0 Å². The molecule has 2 rings (SSSR count). The summed E-state index contributed by atoms with van der Waals surface area (Å²) in [5.74, 6) is 0.406. The number of hydrogen-bond donors (Lipinski definition) is 4. The summed E-state index contributed by atoms with van der Waals surface area (Å²) < 4.78 is 29.5. The zero-order valence-electron chi connectivity index (χ0n) is 16.4. The Hall–Kier alpha value is -2.63. The maximum absolute atomic E-state index is 12.5. The van der Waals surface area contributed by atoms with Crippen LogP contribution < -0.4 is 20.7 Å². The fourth-order valence-corrected chi connectivity index (χ4v) is 2.42. The fourth-order valence-electron chi connectivity index (χ4n) is 2.42. The van der Waals surface area contributed by atoms with Gasteiger partial charge in [-0.3, -0.25) is 4.79 Å². The molecule has 0 unspecified atom stereocenters. The van der Waals surface area contributed by atoms with Crippen molar-refractivity contribution in [1.82, 2.24) is 16.0 Å². The van der Waals surface area contributed by atoms with Crippen molar-refractivity contribution in [1.29, 1.82) is 0 Å². The molecule has 4 N–H and O–H groups in total. The van der Waals surface area contributed by atoms with Gasteiger partial charge in [-0.05, 0) is 37.3 Å². The monoisotopic (exact) mass is 534 g/mol. The molecule has 0 saturated carbocycles. The normalized spacial score (nSPS) is 10.9. The highest BCUT2D eigenvalue weighted by Crippen LogP contribution is 2.20. The lowest BCUT2D eigenvalue weighted by atomic mass is 10.2. The Morgan fingerprint density at radius 1 is 1.07 bits per heavy atom. The van der Waals surface area contributed by atoms with Gasteiger partial charge in [0.2, 0.25) is 0 Å². The Kier molecular flexibility index (Phi) is 11.5. The van der Waals surface area contributed by atoms with Crippen LogP contribution in [0.15, 0.2) is 53.5 Å². The van der Waals surface area contributed by atoms with Crippen molar-refractivity contribution in [2.75, 3.05) is 19.6 Å². The highest BCUT2D eigenvalue weighted by Gasteiger charge is 2.09. The zero-order valence-corrected chi connectivity index (χ0v) is 18.7. The van der Waals surface area contributed by atoms with Crippen LogP contribution in [0.1, 0.15) is 22.8 Å². The average molecular weight is 534 g/mol. The summed E-state index contributed by atoms with van der Waals surface area (Å²) in [6, 6.07) is 12.4. The first-order valence-corrected chi connectivity index (χ1v) is 9.11. The Bertz CT molecular complexity index is 820. The van der Waals surface area contributed by atoms with Gasteiger partial charge in [0.25, 0.3) is 5.91 Å². The maximum Gasteiger partial charge on any atom is 0.387 e. The van der Waals surface area contributed by atoms with Gasteiger partial charge in [0.05, 0.1) is 6.54 Å². The Balaban J connectivity index is 0.00000450. The quantitative estimate of drug-likeness (QED) is 0.172. The van der Waals surface area contributed by atoms with Gasteiger partial charge in [0.15, 0.2) is 5.96 Å². The fraction of sp³-hybridized carbons (Fsp3) is 0.300. The number of nitrogens with zero attached hydrogens (tertiary/aromatic N) is 1. The standard InChI is InChI=1S/C20H24F2N4O3.HI/c1-2-23-20(26-13-15-5-3-4-6-17(15)29-19(21)22)25-12-11-24-18(28)14-7-9-16(27)10-8-14;/h3-10,19,27H,2,11-13H2,1H3,(H,24,28)(H2,23,25,26);1H. The molecule has 0 bridgehead atoms. The molecule has 0 atom stereocenters. The van der Waals surface area contributed by atoms with E-state index in [2.05, 4.69) is 25.7 Å². The molecule has 1 amide bonds. The molecular formula is C20H25F2IN4O3. The number of amides is 1. The lowest BCUT2D eigenvalue weighted by molar-refractivity contribution is -0.0504. The summed E-state index contributed by atoms with van der Waals surface area (Å²) in [7, 11) is 0. The van der Waals surface area contributed by atoms with Gasteiger partial charge in [0, 0.05) is 30.8 Å². The summed E-state index contributed by atoms with van der Waals surface area (Å²) in [6.07, 6.45) is 0. The number of guanidine groups is 1. The molecule has 0 heterocycles. The molecule has 2 aromatic rings. The number of phenols is 1. The second-order valence-electron chi connectivity index (χ2n) is 5.91. The van der Waals surface area contributed by atoms with E-state index >= 15 is 0 Å². The molecule has 10 heteroatoms. The summed E-state index contributed by atoms with van der Waals surface area (Å²) in [5.41, 5.74) is 0.977. The number of ether oxygens (including phenoxy) is 1. The third kappa shape index (κ3) is 8.80. The summed E-state index contributed by atoms with van der Waals surface area (Å²) >= 11 is 0. The molecule has 0 aliphatic rings. The second-order valence-corrected chi connectivity index (χ2v) is 5.91. The molecule has 0 radical (unpaired) electrons. The van der Waals surface area contributed by atoms with Crippen LogP contribution >= 0.6 is 24.0 Å². The van der Waals surface area contributed by atoms with Gasteiger partial charge in [0.1, 0.15) is 11.5 Å². The molecule has 30 heavy (non-hydrogen) atoms. The summed E-state index contributed by atoms with van der Waals surface area (Å²) in [4.78, 5) is 16.4. The van der Waals surface area contributed by atoms with E-state index in [1.54, 1.807) is 18.2 Å². The first kappa shape index (κ1) is 25.4. The molecule has 0 aromatic heterocycles. The van der Waals surface area contributed by atoms with Gasteiger partial charge in [-0.1, -0.05) is 18.2 Å². The molecule has 7 nitrogen and oxygen atoms in total. The van der Waals surface area contributed by atoms with Crippen molar-refractivity contribution >= 4 is 35.8 Å². The average Bonchev–Trinajstić information content (AvgIpc) is 2.70. The van der Waals surface area contributed by atoms with Gasteiger partial charge in [-0.15, -0.1) is 24.0 Å². The number of phenolic OH excluding ortho intramolecular Hbond substituents is 1. The molecule has 2 aromatic carbocycles. The van der Waals surface area contributed by atoms with Gasteiger partial charge < -0.3 is 25.8 Å². The Labute approximate surface area is 190 Å². The van der Waals surface area contributed by atoms with Crippen LogP contribution in [0.5, 0.6) is 11.5 Å². The molecule has 0 saturated heterocycles. The van der Waals surface area contributed by atoms with E-state index in [4.69, 9.17) is 0 Å². The first-order valence-electron chi connectivity index (χ1n) is 9.11. The van der Waals surface area contributed by atoms with Crippen molar-refractivity contribution in [3.63, 3.8) is 0 Å². The van der Waals surface area contributed by atoms with Crippen molar-refractivity contribution in [2.45, 2.75) is 20.1 Å². The molecular weight excluding hydrogens is 509 g/mol. The smallest absolute Gasteiger partial charge is 0.387 e. The predicted octanol–water partition coefficient (Wildman–Crippen LogP) is 3.10. The van der Waals surface area contributed by atoms with Crippen LogP contribution in [-0.2, 0) is 6.54 Å². The van der Waals surface area contributed by atoms with E-state index in [-0.39, 0.29) is 47.9 Å². The minimum Gasteiger partial charge on any atom is -0.508 e. The van der Waals surface area contributed by atoms with Gasteiger partial charge >= 0.3 is 6.61 Å². The number of halogens is 3. The Morgan fingerprint density at radius 3 is 2.40 bits per heavy atom. The van der Waals surface area contributed by atoms with Crippen LogP contribution in [0.25, 0.3) is 0 Å². The van der Waals surface area contributed by atoms with Crippen molar-refractivity contribution < 1.29 is 23.4 Å². The molecule has 0 fully saturated rings. The Morgan fingerprint density at radius 2 is 1.73 bits per heavy atom. The number of carbonyl (C=O) groups is 1.